The number of hydrogen-bond donors (Lipinski definition) is 2. The number of thioether (sulfide) groups is 1. The van der Waals surface area contributed by atoms with Crippen molar-refractivity contribution >= 4 is 27.8 Å². The topological polar surface area (TPSA) is 92.7 Å². The van der Waals surface area contributed by atoms with Gasteiger partial charge in [-0.2, -0.15) is 11.8 Å². The summed E-state index contributed by atoms with van der Waals surface area (Å²) in [5.41, 5.74) is -1.10. The van der Waals surface area contributed by atoms with E-state index in [1.165, 1.54) is 11.8 Å². The largest absolute Gasteiger partial charge is 0.466 e. The first kappa shape index (κ1) is 17.7. The zero-order chi connectivity index (χ0) is 14.2. The van der Waals surface area contributed by atoms with Gasteiger partial charge in [0.1, 0.15) is 0 Å². The van der Waals surface area contributed by atoms with Crippen molar-refractivity contribution in [1.82, 2.24) is 4.72 Å². The number of carbonyl (C=O) groups is 1. The molecule has 0 radical (unpaired) electrons. The summed E-state index contributed by atoms with van der Waals surface area (Å²) in [6, 6.07) is 0. The maximum atomic E-state index is 11.6. The van der Waals surface area contributed by atoms with Crippen molar-refractivity contribution in [2.75, 3.05) is 30.9 Å². The molecule has 0 saturated carbocycles. The van der Waals surface area contributed by atoms with Gasteiger partial charge in [-0.25, -0.2) is 13.1 Å². The Morgan fingerprint density at radius 2 is 2.11 bits per heavy atom. The second-order valence-electron chi connectivity index (χ2n) is 4.12. The van der Waals surface area contributed by atoms with Crippen molar-refractivity contribution < 1.29 is 23.1 Å². The Bertz CT molecular complexity index is 353. The molecule has 1 atom stereocenters. The molecule has 0 rings (SSSR count). The Morgan fingerprint density at radius 3 is 2.61 bits per heavy atom. The molecule has 1 unspecified atom stereocenters. The van der Waals surface area contributed by atoms with E-state index in [4.69, 9.17) is 0 Å². The first-order valence-electron chi connectivity index (χ1n) is 5.56. The maximum absolute atomic E-state index is 11.6. The van der Waals surface area contributed by atoms with Crippen LogP contribution in [0.15, 0.2) is 0 Å². The van der Waals surface area contributed by atoms with Crippen LogP contribution in [0.3, 0.4) is 0 Å². The average Bonchev–Trinajstić information content (AvgIpc) is 2.25. The molecule has 108 valence electrons. The van der Waals surface area contributed by atoms with Gasteiger partial charge < -0.3 is 9.84 Å². The highest BCUT2D eigenvalue weighted by Gasteiger charge is 2.23. The van der Waals surface area contributed by atoms with Gasteiger partial charge in [0, 0.05) is 12.3 Å². The molecule has 0 aromatic rings. The van der Waals surface area contributed by atoms with Crippen LogP contribution in [0.25, 0.3) is 0 Å². The fourth-order valence-corrected chi connectivity index (χ4v) is 2.98. The van der Waals surface area contributed by atoms with E-state index in [0.717, 1.165) is 0 Å². The molecule has 18 heavy (non-hydrogen) atoms. The van der Waals surface area contributed by atoms with Crippen LogP contribution in [0.1, 0.15) is 20.3 Å². The molecule has 0 saturated heterocycles. The average molecular weight is 299 g/mol. The summed E-state index contributed by atoms with van der Waals surface area (Å²) in [6.45, 7) is 3.37. The van der Waals surface area contributed by atoms with Crippen molar-refractivity contribution in [2.24, 2.45) is 0 Å². The molecule has 0 aliphatic carbocycles. The molecule has 8 heteroatoms. The predicted molar refractivity (Wildman–Crippen MR) is 72.0 cm³/mol. The molecule has 0 aliphatic rings. The summed E-state index contributed by atoms with van der Waals surface area (Å²) in [4.78, 5) is 11.0. The van der Waals surface area contributed by atoms with Gasteiger partial charge in [0.2, 0.25) is 10.0 Å². The summed E-state index contributed by atoms with van der Waals surface area (Å²) < 4.78 is 30.0. The van der Waals surface area contributed by atoms with E-state index in [0.29, 0.717) is 5.75 Å². The smallest absolute Gasteiger partial charge is 0.306 e. The molecular formula is C10H21NO5S2. The van der Waals surface area contributed by atoms with Gasteiger partial charge in [-0.1, -0.05) is 0 Å². The standard InChI is InChI=1S/C10H21NO5S2/c1-4-16-9(12)5-6-18(14,15)11-7-10(2,13)8-17-3/h11,13H,4-8H2,1-3H3. The molecule has 0 aliphatic heterocycles. The molecular weight excluding hydrogens is 278 g/mol. The van der Waals surface area contributed by atoms with Crippen molar-refractivity contribution in [3.8, 4) is 0 Å². The second-order valence-corrected chi connectivity index (χ2v) is 6.92. The Kier molecular flexibility index (Phi) is 7.84. The number of hydrogen-bond acceptors (Lipinski definition) is 6. The summed E-state index contributed by atoms with van der Waals surface area (Å²) in [7, 11) is -3.57. The quantitative estimate of drug-likeness (QED) is 0.581. The van der Waals surface area contributed by atoms with Crippen LogP contribution >= 0.6 is 11.8 Å². The van der Waals surface area contributed by atoms with Gasteiger partial charge in [0.05, 0.1) is 24.4 Å². The van der Waals surface area contributed by atoms with E-state index in [-0.39, 0.29) is 25.3 Å². The van der Waals surface area contributed by atoms with Crippen LogP contribution in [-0.4, -0.2) is 56.0 Å². The van der Waals surface area contributed by atoms with E-state index in [1.54, 1.807) is 13.8 Å². The summed E-state index contributed by atoms with van der Waals surface area (Å²) in [5.74, 6) is -0.451. The molecule has 0 heterocycles. The summed E-state index contributed by atoms with van der Waals surface area (Å²) in [5, 5.41) is 9.80. The number of ether oxygens (including phenoxy) is 1. The third-order valence-electron chi connectivity index (χ3n) is 2.01. The minimum absolute atomic E-state index is 0.0704. The lowest BCUT2D eigenvalue weighted by molar-refractivity contribution is -0.142. The van der Waals surface area contributed by atoms with Crippen LogP contribution in [0.4, 0.5) is 0 Å². The number of rotatable bonds is 9. The highest BCUT2D eigenvalue weighted by molar-refractivity contribution is 7.98. The van der Waals surface area contributed by atoms with Crippen LogP contribution in [0, 0.1) is 0 Å². The fraction of sp³-hybridized carbons (Fsp3) is 0.900. The molecule has 6 nitrogen and oxygen atoms in total. The van der Waals surface area contributed by atoms with Gasteiger partial charge in [-0.3, -0.25) is 4.79 Å². The Morgan fingerprint density at radius 1 is 1.50 bits per heavy atom. The zero-order valence-electron chi connectivity index (χ0n) is 10.9. The molecule has 0 amide bonds. The summed E-state index contributed by atoms with van der Waals surface area (Å²) in [6.07, 6.45) is 1.64. The van der Waals surface area contributed by atoms with Crippen LogP contribution < -0.4 is 4.72 Å². The van der Waals surface area contributed by atoms with Crippen LogP contribution in [-0.2, 0) is 19.6 Å². The highest BCUT2D eigenvalue weighted by atomic mass is 32.2. The van der Waals surface area contributed by atoms with E-state index in [2.05, 4.69) is 9.46 Å². The van der Waals surface area contributed by atoms with Gasteiger partial charge >= 0.3 is 5.97 Å². The van der Waals surface area contributed by atoms with Gasteiger partial charge in [0.25, 0.3) is 0 Å². The number of esters is 1. The first-order chi connectivity index (χ1) is 8.22. The van der Waals surface area contributed by atoms with Crippen LogP contribution in [0.5, 0.6) is 0 Å². The van der Waals surface area contributed by atoms with Crippen molar-refractivity contribution in [3.05, 3.63) is 0 Å². The Labute approximate surface area is 113 Å². The lowest BCUT2D eigenvalue weighted by atomic mass is 10.1. The monoisotopic (exact) mass is 299 g/mol. The van der Waals surface area contributed by atoms with Crippen molar-refractivity contribution in [1.29, 1.82) is 0 Å². The normalized spacial score (nSPS) is 15.1. The maximum Gasteiger partial charge on any atom is 0.306 e. The number of sulfonamides is 1. The molecule has 2 N–H and O–H groups in total. The van der Waals surface area contributed by atoms with Gasteiger partial charge in [0.15, 0.2) is 0 Å². The SMILES string of the molecule is CCOC(=O)CCS(=O)(=O)NCC(C)(O)CSC. The van der Waals surface area contributed by atoms with E-state index >= 15 is 0 Å². The third-order valence-corrected chi connectivity index (χ3v) is 4.24. The third kappa shape index (κ3) is 8.73. The molecule has 0 spiro atoms. The minimum atomic E-state index is -3.57. The summed E-state index contributed by atoms with van der Waals surface area (Å²) >= 11 is 1.43. The number of nitrogens with one attached hydrogen (secondary N) is 1. The van der Waals surface area contributed by atoms with Crippen molar-refractivity contribution in [3.63, 3.8) is 0 Å². The second kappa shape index (κ2) is 7.98. The number of aliphatic hydroxyl groups is 1. The molecule has 0 fully saturated rings. The first-order valence-corrected chi connectivity index (χ1v) is 8.61. The lowest BCUT2D eigenvalue weighted by Crippen LogP contribution is -2.43. The van der Waals surface area contributed by atoms with Gasteiger partial charge in [-0.05, 0) is 20.1 Å². The van der Waals surface area contributed by atoms with E-state index < -0.39 is 21.6 Å². The number of carbonyl (C=O) groups excluding carboxylic acids is 1. The van der Waals surface area contributed by atoms with Crippen LogP contribution in [0.2, 0.25) is 0 Å². The van der Waals surface area contributed by atoms with E-state index in [9.17, 15) is 18.3 Å². The van der Waals surface area contributed by atoms with Crippen molar-refractivity contribution in [2.45, 2.75) is 25.9 Å². The zero-order valence-corrected chi connectivity index (χ0v) is 12.6. The lowest BCUT2D eigenvalue weighted by Gasteiger charge is -2.22. The predicted octanol–water partition coefficient (Wildman–Crippen LogP) is -0.0270. The van der Waals surface area contributed by atoms with E-state index in [1.807, 2.05) is 6.26 Å². The minimum Gasteiger partial charge on any atom is -0.466 e. The van der Waals surface area contributed by atoms with Gasteiger partial charge in [-0.15, -0.1) is 0 Å². The Hall–Kier alpha value is -0.310. The molecule has 0 aromatic heterocycles. The molecule has 0 bridgehead atoms. The highest BCUT2D eigenvalue weighted by Crippen LogP contribution is 2.09. The fourth-order valence-electron chi connectivity index (χ4n) is 1.15. The Balaban J connectivity index is 4.12. The molecule has 0 aromatic carbocycles.